The lowest BCUT2D eigenvalue weighted by Crippen LogP contribution is -2.15. The molecule has 2 aromatic heterocycles. The Morgan fingerprint density at radius 2 is 1.24 bits per heavy atom. The maximum absolute atomic E-state index is 13.4. The number of pyridine rings is 2. The van der Waals surface area contributed by atoms with Crippen LogP contribution < -0.4 is 16.1 Å². The van der Waals surface area contributed by atoms with Gasteiger partial charge < -0.3 is 10.6 Å². The topological polar surface area (TPSA) is 59.0 Å². The van der Waals surface area contributed by atoms with Crippen molar-refractivity contribution in [3.8, 4) is 5.69 Å². The van der Waals surface area contributed by atoms with Crippen molar-refractivity contribution < 1.29 is 0 Å². The highest BCUT2D eigenvalue weighted by atomic mass is 16.1. The summed E-state index contributed by atoms with van der Waals surface area (Å²) in [6.45, 7) is 5.94. The summed E-state index contributed by atoms with van der Waals surface area (Å²) in [5, 5.41) is 7.29. The molecular formula is C29H28N4O. The van der Waals surface area contributed by atoms with Crippen molar-refractivity contribution in [3.05, 3.63) is 119 Å². The highest BCUT2D eigenvalue weighted by Crippen LogP contribution is 2.29. The molecule has 0 aliphatic heterocycles. The second kappa shape index (κ2) is 10.5. The number of hydrogen-bond acceptors (Lipinski definition) is 4. The molecule has 0 fully saturated rings. The zero-order valence-electron chi connectivity index (χ0n) is 19.6. The van der Waals surface area contributed by atoms with Crippen LogP contribution in [0.1, 0.15) is 19.5 Å². The second-order valence-electron chi connectivity index (χ2n) is 7.55. The fraction of sp³-hybridized carbons (Fsp3) is 0.103. The van der Waals surface area contributed by atoms with E-state index in [1.54, 1.807) is 6.07 Å². The van der Waals surface area contributed by atoms with Gasteiger partial charge in [-0.25, -0.2) is 4.98 Å². The quantitative estimate of drug-likeness (QED) is 0.298. The third-order valence-corrected chi connectivity index (χ3v) is 5.22. The second-order valence-corrected chi connectivity index (χ2v) is 7.55. The van der Waals surface area contributed by atoms with Gasteiger partial charge >= 0.3 is 0 Å². The van der Waals surface area contributed by atoms with Crippen LogP contribution in [0.5, 0.6) is 0 Å². The number of aryl methyl sites for hydroxylation is 1. The maximum Gasteiger partial charge on any atom is 0.195 e. The molecule has 0 saturated carbocycles. The first-order valence-corrected chi connectivity index (χ1v) is 11.5. The van der Waals surface area contributed by atoms with Crippen molar-refractivity contribution in [3.63, 3.8) is 0 Å². The molecule has 0 amide bonds. The zero-order chi connectivity index (χ0) is 23.9. The van der Waals surface area contributed by atoms with Gasteiger partial charge in [-0.15, -0.1) is 0 Å². The summed E-state index contributed by atoms with van der Waals surface area (Å²) in [6, 6.07) is 33.2. The summed E-state index contributed by atoms with van der Waals surface area (Å²) >= 11 is 0. The van der Waals surface area contributed by atoms with Crippen molar-refractivity contribution >= 4 is 33.9 Å². The van der Waals surface area contributed by atoms with Gasteiger partial charge in [-0.2, -0.15) is 0 Å². The molecule has 2 heterocycles. The van der Waals surface area contributed by atoms with Gasteiger partial charge in [0.25, 0.3) is 0 Å². The van der Waals surface area contributed by atoms with Crippen LogP contribution in [0.25, 0.3) is 16.6 Å². The minimum atomic E-state index is -0.100. The molecule has 3 aromatic carbocycles. The monoisotopic (exact) mass is 448 g/mol. The molecule has 170 valence electrons. The summed E-state index contributed by atoms with van der Waals surface area (Å²) in [6.07, 6.45) is 0. The van der Waals surface area contributed by atoms with Gasteiger partial charge in [0.1, 0.15) is 11.6 Å². The summed E-state index contributed by atoms with van der Waals surface area (Å²) in [5.74, 6) is 1.24. The molecule has 0 atom stereocenters. The van der Waals surface area contributed by atoms with E-state index in [9.17, 15) is 4.79 Å². The Morgan fingerprint density at radius 3 is 1.82 bits per heavy atom. The van der Waals surface area contributed by atoms with Gasteiger partial charge in [-0.1, -0.05) is 68.4 Å². The Kier molecular flexibility index (Phi) is 7.04. The van der Waals surface area contributed by atoms with E-state index in [0.29, 0.717) is 17.0 Å². The number of hydrogen-bond donors (Lipinski definition) is 2. The Hall–Kier alpha value is -4.38. The Labute approximate surface area is 199 Å². The molecule has 0 saturated heterocycles. The minimum absolute atomic E-state index is 0.100. The molecule has 5 nitrogen and oxygen atoms in total. The number of nitrogens with one attached hydrogen (secondary N) is 2. The number of rotatable bonds is 5. The predicted octanol–water partition coefficient (Wildman–Crippen LogP) is 7.21. The lowest BCUT2D eigenvalue weighted by Gasteiger charge is -2.20. The van der Waals surface area contributed by atoms with Gasteiger partial charge in [-0.3, -0.25) is 9.36 Å². The number of benzene rings is 3. The third-order valence-electron chi connectivity index (χ3n) is 5.22. The highest BCUT2D eigenvalue weighted by molar-refractivity contribution is 5.94. The molecule has 0 unspecified atom stereocenters. The van der Waals surface area contributed by atoms with Crippen LogP contribution in [0.2, 0.25) is 0 Å². The molecule has 34 heavy (non-hydrogen) atoms. The fourth-order valence-electron chi connectivity index (χ4n) is 3.83. The zero-order valence-corrected chi connectivity index (χ0v) is 19.6. The Bertz CT molecular complexity index is 1430. The Morgan fingerprint density at radius 1 is 0.706 bits per heavy atom. The predicted molar refractivity (Wildman–Crippen MR) is 143 cm³/mol. The van der Waals surface area contributed by atoms with E-state index in [1.807, 2.05) is 118 Å². The average Bonchev–Trinajstić information content (AvgIpc) is 2.87. The lowest BCUT2D eigenvalue weighted by atomic mass is 10.1. The summed E-state index contributed by atoms with van der Waals surface area (Å²) < 4.78 is 2.06. The van der Waals surface area contributed by atoms with Crippen LogP contribution in [0.4, 0.5) is 23.0 Å². The van der Waals surface area contributed by atoms with Crippen LogP contribution in [0.15, 0.2) is 108 Å². The van der Waals surface area contributed by atoms with Crippen LogP contribution >= 0.6 is 0 Å². The van der Waals surface area contributed by atoms with Crippen molar-refractivity contribution in [1.82, 2.24) is 9.55 Å². The summed E-state index contributed by atoms with van der Waals surface area (Å²) in [7, 11) is 0. The van der Waals surface area contributed by atoms with E-state index in [1.165, 1.54) is 0 Å². The van der Waals surface area contributed by atoms with Crippen molar-refractivity contribution in [2.24, 2.45) is 0 Å². The highest BCUT2D eigenvalue weighted by Gasteiger charge is 2.16. The molecule has 5 rings (SSSR count). The van der Waals surface area contributed by atoms with Gasteiger partial charge in [0.05, 0.1) is 10.9 Å². The molecule has 0 bridgehead atoms. The minimum Gasteiger partial charge on any atom is -0.341 e. The molecule has 5 heteroatoms. The molecule has 2 N–H and O–H groups in total. The third kappa shape index (κ3) is 4.84. The normalized spacial score (nSPS) is 10.3. The van der Waals surface area contributed by atoms with Gasteiger partial charge in [0.15, 0.2) is 5.43 Å². The molecule has 0 spiro atoms. The van der Waals surface area contributed by atoms with E-state index >= 15 is 0 Å². The van der Waals surface area contributed by atoms with Crippen molar-refractivity contribution in [2.45, 2.75) is 20.8 Å². The van der Waals surface area contributed by atoms with Crippen molar-refractivity contribution in [2.75, 3.05) is 10.6 Å². The maximum atomic E-state index is 13.4. The van der Waals surface area contributed by atoms with Gasteiger partial charge in [0.2, 0.25) is 0 Å². The molecule has 5 aromatic rings. The van der Waals surface area contributed by atoms with Crippen LogP contribution in [0, 0.1) is 6.92 Å². The van der Waals surface area contributed by atoms with Crippen LogP contribution in [0.3, 0.4) is 0 Å². The van der Waals surface area contributed by atoms with E-state index in [0.717, 1.165) is 28.3 Å². The van der Waals surface area contributed by atoms with E-state index < -0.39 is 0 Å². The molecular weight excluding hydrogens is 420 g/mol. The molecule has 0 radical (unpaired) electrons. The lowest BCUT2D eigenvalue weighted by molar-refractivity contribution is 1.09. The smallest absolute Gasteiger partial charge is 0.195 e. The first-order chi connectivity index (χ1) is 16.7. The van der Waals surface area contributed by atoms with Crippen LogP contribution in [-0.2, 0) is 0 Å². The largest absolute Gasteiger partial charge is 0.341 e. The number of nitrogens with zero attached hydrogens (tertiary/aromatic N) is 2. The molecule has 0 aliphatic rings. The number of para-hydroxylation sites is 3. The number of anilines is 4. The summed E-state index contributed by atoms with van der Waals surface area (Å²) in [4.78, 5) is 18.0. The number of fused-ring (bicyclic) bond motifs is 1. The van der Waals surface area contributed by atoms with Gasteiger partial charge in [-0.05, 0) is 49.4 Å². The van der Waals surface area contributed by atoms with Gasteiger partial charge in [0, 0.05) is 28.8 Å². The standard InChI is InChI=1S/C27H22N4O.C2H6/c1-19-17-23-26(27(28-19)30-21-13-7-3-8-14-21)24(32)18-25(29-20-11-5-2-6-12-20)31(23)22-15-9-4-10-16-22;1-2/h2-18,29H,1H3,(H,28,30);1-2H3. The average molecular weight is 449 g/mol. The van der Waals surface area contributed by atoms with Crippen LogP contribution in [-0.4, -0.2) is 9.55 Å². The van der Waals surface area contributed by atoms with Crippen molar-refractivity contribution in [1.29, 1.82) is 0 Å². The first-order valence-electron chi connectivity index (χ1n) is 11.5. The SMILES string of the molecule is CC.Cc1cc2c(c(Nc3ccccc3)n1)c(=O)cc(Nc1ccccc1)n2-c1ccccc1. The van der Waals surface area contributed by atoms with E-state index in [4.69, 9.17) is 0 Å². The first kappa shape index (κ1) is 22.8. The Balaban J connectivity index is 0.00000133. The van der Waals surface area contributed by atoms with E-state index in [2.05, 4.69) is 20.2 Å². The summed E-state index contributed by atoms with van der Waals surface area (Å²) in [5.41, 5.74) is 4.24. The molecule has 0 aliphatic carbocycles. The van der Waals surface area contributed by atoms with E-state index in [-0.39, 0.29) is 5.43 Å². The number of aromatic nitrogens is 2. The fourth-order valence-corrected chi connectivity index (χ4v) is 3.83.